The van der Waals surface area contributed by atoms with Gasteiger partial charge in [-0.15, -0.1) is 0 Å². The van der Waals surface area contributed by atoms with Crippen LogP contribution in [0, 0.1) is 0 Å². The summed E-state index contributed by atoms with van der Waals surface area (Å²) in [5, 5.41) is 8.77. The molecule has 7 heteroatoms. The fourth-order valence-corrected chi connectivity index (χ4v) is 4.11. The topological polar surface area (TPSA) is 89.9 Å². The maximum Gasteiger partial charge on any atom is 0.274 e. The van der Waals surface area contributed by atoms with Gasteiger partial charge in [-0.05, 0) is 48.2 Å². The van der Waals surface area contributed by atoms with Crippen LogP contribution in [0.25, 0.3) is 0 Å². The predicted octanol–water partition coefficient (Wildman–Crippen LogP) is 3.18. The van der Waals surface area contributed by atoms with Crippen LogP contribution in [0.3, 0.4) is 0 Å². The summed E-state index contributed by atoms with van der Waals surface area (Å²) in [6.45, 7) is 0.241. The third-order valence-corrected chi connectivity index (χ3v) is 5.78. The number of anilines is 1. The quantitative estimate of drug-likeness (QED) is 0.434. The molecule has 1 saturated heterocycles. The number of nitrogens with one attached hydrogen (secondary N) is 1. The van der Waals surface area contributed by atoms with Crippen molar-refractivity contribution in [1.82, 2.24) is 10.4 Å². The monoisotopic (exact) mass is 443 g/mol. The summed E-state index contributed by atoms with van der Waals surface area (Å²) in [6, 6.07) is 25.2. The summed E-state index contributed by atoms with van der Waals surface area (Å²) >= 11 is 0. The highest BCUT2D eigenvalue weighted by atomic mass is 16.5. The highest BCUT2D eigenvalue weighted by Gasteiger charge is 2.39. The minimum atomic E-state index is -0.606. The van der Waals surface area contributed by atoms with E-state index in [9.17, 15) is 14.4 Å². The average molecular weight is 444 g/mol. The van der Waals surface area contributed by atoms with Crippen LogP contribution in [0.1, 0.15) is 27.9 Å². The smallest absolute Gasteiger partial charge is 0.274 e. The van der Waals surface area contributed by atoms with Gasteiger partial charge in [-0.1, -0.05) is 60.7 Å². The van der Waals surface area contributed by atoms with Crippen LogP contribution in [0.5, 0.6) is 0 Å². The van der Waals surface area contributed by atoms with Crippen LogP contribution in [0.15, 0.2) is 84.9 Å². The van der Waals surface area contributed by atoms with Gasteiger partial charge in [-0.2, -0.15) is 0 Å². The number of piperazine rings is 1. The maximum atomic E-state index is 13.5. The summed E-state index contributed by atoms with van der Waals surface area (Å²) in [4.78, 5) is 41.5. The van der Waals surface area contributed by atoms with Gasteiger partial charge in [0, 0.05) is 17.8 Å². The highest BCUT2D eigenvalue weighted by molar-refractivity contribution is 6.06. The van der Waals surface area contributed by atoms with E-state index < -0.39 is 11.9 Å². The number of hydrogen-bond acceptors (Lipinski definition) is 4. The Hall–Kier alpha value is -3.97. The number of aryl methyl sites for hydroxylation is 1. The Morgan fingerprint density at radius 3 is 2.15 bits per heavy atom. The SMILES string of the molecule is O=C(NO)c1ccc(CN2CC(=O)N(c3ccccc3)C(CCc3ccccc3)C2=O)cc1. The van der Waals surface area contributed by atoms with E-state index in [0.717, 1.165) is 11.1 Å². The van der Waals surface area contributed by atoms with E-state index >= 15 is 0 Å². The highest BCUT2D eigenvalue weighted by Crippen LogP contribution is 2.26. The van der Waals surface area contributed by atoms with Crippen LogP contribution >= 0.6 is 0 Å². The molecule has 0 aliphatic carbocycles. The zero-order valence-corrected chi connectivity index (χ0v) is 18.1. The lowest BCUT2D eigenvalue weighted by atomic mass is 9.99. The van der Waals surface area contributed by atoms with E-state index in [2.05, 4.69) is 0 Å². The Balaban J connectivity index is 1.56. The molecule has 3 aromatic rings. The standard InChI is InChI=1S/C26H25N3O4/c30-24-18-28(17-20-11-14-21(15-12-20)25(31)27-33)26(32)23(16-13-19-7-3-1-4-8-19)29(24)22-9-5-2-6-10-22/h1-12,14-15,23,33H,13,16-18H2,(H,27,31). The number of hydrogen-bond donors (Lipinski definition) is 2. The Morgan fingerprint density at radius 2 is 1.52 bits per heavy atom. The fraction of sp³-hybridized carbons (Fsp3) is 0.192. The van der Waals surface area contributed by atoms with Gasteiger partial charge in [0.05, 0.1) is 0 Å². The minimum Gasteiger partial charge on any atom is -0.327 e. The number of rotatable bonds is 7. The van der Waals surface area contributed by atoms with Crippen molar-refractivity contribution in [3.05, 3.63) is 102 Å². The molecule has 3 amide bonds. The first-order valence-corrected chi connectivity index (χ1v) is 10.8. The summed E-state index contributed by atoms with van der Waals surface area (Å²) in [5.74, 6) is -0.841. The van der Waals surface area contributed by atoms with Gasteiger partial charge < -0.3 is 4.90 Å². The zero-order valence-electron chi connectivity index (χ0n) is 18.1. The third kappa shape index (κ3) is 5.10. The molecule has 1 unspecified atom stereocenters. The molecule has 7 nitrogen and oxygen atoms in total. The lowest BCUT2D eigenvalue weighted by molar-refractivity contribution is -0.142. The van der Waals surface area contributed by atoms with Gasteiger partial charge in [0.15, 0.2) is 0 Å². The molecule has 1 aliphatic rings. The molecule has 2 N–H and O–H groups in total. The van der Waals surface area contributed by atoms with Crippen molar-refractivity contribution in [3.8, 4) is 0 Å². The van der Waals surface area contributed by atoms with Crippen molar-refractivity contribution in [2.45, 2.75) is 25.4 Å². The molecule has 0 aromatic heterocycles. The molecule has 1 fully saturated rings. The van der Waals surface area contributed by atoms with Crippen molar-refractivity contribution < 1.29 is 19.6 Å². The fourth-order valence-electron chi connectivity index (χ4n) is 4.11. The molecule has 3 aromatic carbocycles. The van der Waals surface area contributed by atoms with Crippen molar-refractivity contribution in [2.24, 2.45) is 0 Å². The number of carbonyl (C=O) groups excluding carboxylic acids is 3. The number of benzene rings is 3. The minimum absolute atomic E-state index is 0.0194. The summed E-state index contributed by atoms with van der Waals surface area (Å²) in [7, 11) is 0. The van der Waals surface area contributed by atoms with Gasteiger partial charge in [-0.25, -0.2) is 5.48 Å². The molecular formula is C26H25N3O4. The zero-order chi connectivity index (χ0) is 23.2. The van der Waals surface area contributed by atoms with Crippen LogP contribution in [0.4, 0.5) is 5.69 Å². The van der Waals surface area contributed by atoms with Crippen molar-refractivity contribution in [2.75, 3.05) is 11.4 Å². The van der Waals surface area contributed by atoms with E-state index in [-0.39, 0.29) is 24.9 Å². The van der Waals surface area contributed by atoms with E-state index in [1.807, 2.05) is 60.7 Å². The molecule has 168 valence electrons. The van der Waals surface area contributed by atoms with Crippen LogP contribution in [-0.2, 0) is 22.6 Å². The van der Waals surface area contributed by atoms with Gasteiger partial charge in [0.1, 0.15) is 12.6 Å². The summed E-state index contributed by atoms with van der Waals surface area (Å²) < 4.78 is 0. The number of para-hydroxylation sites is 1. The number of nitrogens with zero attached hydrogens (tertiary/aromatic N) is 2. The molecule has 0 spiro atoms. The number of amides is 3. The summed E-state index contributed by atoms with van der Waals surface area (Å²) in [6.07, 6.45) is 1.18. The Labute approximate surface area is 192 Å². The molecule has 4 rings (SSSR count). The lowest BCUT2D eigenvalue weighted by Crippen LogP contribution is -2.60. The Bertz CT molecular complexity index is 1120. The normalized spacial score (nSPS) is 16.1. The second-order valence-electron chi connectivity index (χ2n) is 7.97. The van der Waals surface area contributed by atoms with Crippen molar-refractivity contribution >= 4 is 23.4 Å². The van der Waals surface area contributed by atoms with Crippen LogP contribution in [-0.4, -0.2) is 40.4 Å². The lowest BCUT2D eigenvalue weighted by Gasteiger charge is -2.40. The largest absolute Gasteiger partial charge is 0.327 e. The Morgan fingerprint density at radius 1 is 0.879 bits per heavy atom. The predicted molar refractivity (Wildman–Crippen MR) is 124 cm³/mol. The van der Waals surface area contributed by atoms with Crippen LogP contribution < -0.4 is 10.4 Å². The van der Waals surface area contributed by atoms with Gasteiger partial charge in [0.2, 0.25) is 11.8 Å². The van der Waals surface area contributed by atoms with E-state index in [1.165, 1.54) is 0 Å². The molecule has 0 bridgehead atoms. The molecule has 33 heavy (non-hydrogen) atoms. The second kappa shape index (κ2) is 10.1. The molecule has 1 atom stereocenters. The van der Waals surface area contributed by atoms with Gasteiger partial charge >= 0.3 is 0 Å². The number of hydroxylamine groups is 1. The van der Waals surface area contributed by atoms with Gasteiger partial charge in [0.25, 0.3) is 5.91 Å². The van der Waals surface area contributed by atoms with Crippen LogP contribution in [0.2, 0.25) is 0 Å². The van der Waals surface area contributed by atoms with Gasteiger partial charge in [-0.3, -0.25) is 24.5 Å². The molecular weight excluding hydrogens is 418 g/mol. The molecule has 1 heterocycles. The van der Waals surface area contributed by atoms with Crippen molar-refractivity contribution in [1.29, 1.82) is 0 Å². The third-order valence-electron chi connectivity index (χ3n) is 5.78. The van der Waals surface area contributed by atoms with Crippen molar-refractivity contribution in [3.63, 3.8) is 0 Å². The molecule has 0 radical (unpaired) electrons. The van der Waals surface area contributed by atoms with E-state index in [0.29, 0.717) is 24.1 Å². The van der Waals surface area contributed by atoms with E-state index in [4.69, 9.17) is 5.21 Å². The first kappa shape index (κ1) is 22.2. The number of carbonyl (C=O) groups is 3. The first-order valence-electron chi connectivity index (χ1n) is 10.8. The van der Waals surface area contributed by atoms with E-state index in [1.54, 1.807) is 39.5 Å². The summed E-state index contributed by atoms with van der Waals surface area (Å²) in [5.41, 5.74) is 4.52. The average Bonchev–Trinajstić information content (AvgIpc) is 2.86. The molecule has 0 saturated carbocycles. The first-order chi connectivity index (χ1) is 16.1. The second-order valence-corrected chi connectivity index (χ2v) is 7.97. The molecule has 1 aliphatic heterocycles. The Kier molecular flexibility index (Phi) is 6.80. The maximum absolute atomic E-state index is 13.5.